The van der Waals surface area contributed by atoms with Crippen LogP contribution in [0.15, 0.2) is 12.1 Å². The van der Waals surface area contributed by atoms with Gasteiger partial charge in [-0.05, 0) is 31.5 Å². The minimum absolute atomic E-state index is 0.00455. The molecule has 1 aliphatic rings. The second kappa shape index (κ2) is 4.70. The molecule has 3 N–H and O–H groups in total. The molecular formula is C13H16FNO4. The smallest absolute Gasteiger partial charge is 0.312 e. The van der Waals surface area contributed by atoms with Crippen molar-refractivity contribution in [2.45, 2.75) is 25.4 Å². The summed E-state index contributed by atoms with van der Waals surface area (Å²) in [5, 5.41) is 9.18. The van der Waals surface area contributed by atoms with E-state index in [1.165, 1.54) is 26.0 Å². The van der Waals surface area contributed by atoms with Crippen molar-refractivity contribution >= 4 is 5.97 Å². The fraction of sp³-hybridized carbons (Fsp3) is 0.462. The van der Waals surface area contributed by atoms with Crippen molar-refractivity contribution in [1.82, 2.24) is 0 Å². The third-order valence-corrected chi connectivity index (χ3v) is 3.10. The molecule has 0 spiro atoms. The number of aliphatic carboxylic acids is 1. The SMILES string of the molecule is CC(C)(F)c1cc2c(c(C(CN)C(=O)O)c1)OCO2. The van der Waals surface area contributed by atoms with Crippen LogP contribution in [0.25, 0.3) is 0 Å². The van der Waals surface area contributed by atoms with Crippen LogP contribution in [0.1, 0.15) is 30.9 Å². The second-order valence-electron chi connectivity index (χ2n) is 4.90. The Kier molecular flexibility index (Phi) is 3.36. The Morgan fingerprint density at radius 1 is 1.53 bits per heavy atom. The number of nitrogens with two attached hydrogens (primary N) is 1. The van der Waals surface area contributed by atoms with Crippen molar-refractivity contribution in [2.24, 2.45) is 5.73 Å². The van der Waals surface area contributed by atoms with E-state index in [2.05, 4.69) is 0 Å². The van der Waals surface area contributed by atoms with Gasteiger partial charge in [-0.3, -0.25) is 4.79 Å². The topological polar surface area (TPSA) is 81.8 Å². The maximum atomic E-state index is 14.1. The van der Waals surface area contributed by atoms with Crippen molar-refractivity contribution in [3.05, 3.63) is 23.3 Å². The predicted octanol–water partition coefficient (Wildman–Crippen LogP) is 1.75. The van der Waals surface area contributed by atoms with Crippen molar-refractivity contribution < 1.29 is 23.8 Å². The maximum absolute atomic E-state index is 14.1. The predicted molar refractivity (Wildman–Crippen MR) is 66.1 cm³/mol. The lowest BCUT2D eigenvalue weighted by atomic mass is 9.91. The summed E-state index contributed by atoms with van der Waals surface area (Å²) in [5.41, 5.74) is 4.58. The molecule has 1 heterocycles. The molecule has 0 fully saturated rings. The molecule has 2 rings (SSSR count). The average Bonchev–Trinajstić information content (AvgIpc) is 2.76. The summed E-state index contributed by atoms with van der Waals surface area (Å²) in [6.45, 7) is 2.69. The van der Waals surface area contributed by atoms with Gasteiger partial charge < -0.3 is 20.3 Å². The van der Waals surface area contributed by atoms with E-state index in [0.717, 1.165) is 0 Å². The minimum Gasteiger partial charge on any atom is -0.481 e. The van der Waals surface area contributed by atoms with Crippen molar-refractivity contribution in [3.8, 4) is 11.5 Å². The third kappa shape index (κ3) is 2.49. The van der Waals surface area contributed by atoms with Gasteiger partial charge in [-0.25, -0.2) is 4.39 Å². The molecule has 6 heteroatoms. The van der Waals surface area contributed by atoms with Crippen LogP contribution in [-0.2, 0) is 10.5 Å². The highest BCUT2D eigenvalue weighted by atomic mass is 19.1. The lowest BCUT2D eigenvalue weighted by Crippen LogP contribution is -2.22. The highest BCUT2D eigenvalue weighted by molar-refractivity contribution is 5.78. The molecule has 0 bridgehead atoms. The van der Waals surface area contributed by atoms with E-state index in [9.17, 15) is 14.3 Å². The quantitative estimate of drug-likeness (QED) is 0.870. The molecule has 1 unspecified atom stereocenters. The Bertz CT molecular complexity index is 510. The molecule has 1 aliphatic heterocycles. The lowest BCUT2D eigenvalue weighted by Gasteiger charge is -2.19. The summed E-state index contributed by atoms with van der Waals surface area (Å²) in [6.07, 6.45) is 0. The number of fused-ring (bicyclic) bond motifs is 1. The minimum atomic E-state index is -1.60. The Morgan fingerprint density at radius 3 is 2.74 bits per heavy atom. The number of hydrogen-bond acceptors (Lipinski definition) is 4. The third-order valence-electron chi connectivity index (χ3n) is 3.10. The number of rotatable bonds is 4. The molecule has 1 aromatic rings. The number of halogens is 1. The van der Waals surface area contributed by atoms with Crippen molar-refractivity contribution in [3.63, 3.8) is 0 Å². The zero-order valence-electron chi connectivity index (χ0n) is 10.8. The number of hydrogen-bond donors (Lipinski definition) is 2. The largest absolute Gasteiger partial charge is 0.481 e. The Labute approximate surface area is 110 Å². The van der Waals surface area contributed by atoms with E-state index >= 15 is 0 Å². The van der Waals surface area contributed by atoms with E-state index in [-0.39, 0.29) is 13.3 Å². The molecule has 0 saturated carbocycles. The van der Waals surface area contributed by atoms with Crippen LogP contribution in [0.3, 0.4) is 0 Å². The molecular weight excluding hydrogens is 253 g/mol. The van der Waals surface area contributed by atoms with Crippen LogP contribution in [0.4, 0.5) is 4.39 Å². The van der Waals surface area contributed by atoms with Crippen LogP contribution in [0, 0.1) is 0 Å². The molecule has 0 amide bonds. The summed E-state index contributed by atoms with van der Waals surface area (Å²) in [7, 11) is 0. The van der Waals surface area contributed by atoms with E-state index < -0.39 is 17.6 Å². The molecule has 0 saturated heterocycles. The first-order valence-electron chi connectivity index (χ1n) is 5.90. The number of ether oxygens (including phenoxy) is 2. The highest BCUT2D eigenvalue weighted by Crippen LogP contribution is 2.43. The van der Waals surface area contributed by atoms with Gasteiger partial charge in [0.25, 0.3) is 0 Å². The van der Waals surface area contributed by atoms with E-state index in [4.69, 9.17) is 15.2 Å². The van der Waals surface area contributed by atoms with Crippen LogP contribution < -0.4 is 15.2 Å². The molecule has 1 aromatic carbocycles. The lowest BCUT2D eigenvalue weighted by molar-refractivity contribution is -0.138. The van der Waals surface area contributed by atoms with Crippen LogP contribution >= 0.6 is 0 Å². The summed E-state index contributed by atoms with van der Waals surface area (Å²) < 4.78 is 24.6. The number of alkyl halides is 1. The monoisotopic (exact) mass is 269 g/mol. The number of carboxylic acids is 1. The first-order chi connectivity index (χ1) is 8.84. The Morgan fingerprint density at radius 2 is 2.21 bits per heavy atom. The number of benzene rings is 1. The highest BCUT2D eigenvalue weighted by Gasteiger charge is 2.31. The van der Waals surface area contributed by atoms with Crippen LogP contribution in [0.2, 0.25) is 0 Å². The number of carbonyl (C=O) groups is 1. The van der Waals surface area contributed by atoms with Crippen LogP contribution in [0.5, 0.6) is 11.5 Å². The molecule has 0 aliphatic carbocycles. The maximum Gasteiger partial charge on any atom is 0.312 e. The van der Waals surface area contributed by atoms with Gasteiger partial charge in [0.05, 0.1) is 5.92 Å². The summed E-state index contributed by atoms with van der Waals surface area (Å²) >= 11 is 0. The van der Waals surface area contributed by atoms with E-state index in [0.29, 0.717) is 22.6 Å². The van der Waals surface area contributed by atoms with Gasteiger partial charge in [-0.1, -0.05) is 0 Å². The first-order valence-corrected chi connectivity index (χ1v) is 5.90. The molecule has 104 valence electrons. The van der Waals surface area contributed by atoms with E-state index in [1.807, 2.05) is 0 Å². The second-order valence-corrected chi connectivity index (χ2v) is 4.90. The van der Waals surface area contributed by atoms with E-state index in [1.54, 1.807) is 0 Å². The van der Waals surface area contributed by atoms with Gasteiger partial charge in [-0.2, -0.15) is 0 Å². The summed E-state index contributed by atoms with van der Waals surface area (Å²) in [4.78, 5) is 11.2. The van der Waals surface area contributed by atoms with Gasteiger partial charge >= 0.3 is 5.97 Å². The van der Waals surface area contributed by atoms with Gasteiger partial charge in [0.1, 0.15) is 5.67 Å². The fourth-order valence-electron chi connectivity index (χ4n) is 2.00. The van der Waals surface area contributed by atoms with Crippen molar-refractivity contribution in [2.75, 3.05) is 13.3 Å². The molecule has 0 aromatic heterocycles. The molecule has 5 nitrogen and oxygen atoms in total. The molecule has 0 radical (unpaired) electrons. The van der Waals surface area contributed by atoms with Crippen molar-refractivity contribution in [1.29, 1.82) is 0 Å². The normalized spacial score (nSPS) is 15.4. The standard InChI is InChI=1S/C13H16FNO4/c1-13(2,14)7-3-8(9(5-15)12(16)17)11-10(4-7)18-6-19-11/h3-4,9H,5-6,15H2,1-2H3,(H,16,17). The van der Waals surface area contributed by atoms with Gasteiger partial charge in [0, 0.05) is 12.1 Å². The van der Waals surface area contributed by atoms with Gasteiger partial charge in [0.2, 0.25) is 6.79 Å². The average molecular weight is 269 g/mol. The first kappa shape index (κ1) is 13.6. The fourth-order valence-corrected chi connectivity index (χ4v) is 2.00. The summed E-state index contributed by atoms with van der Waals surface area (Å²) in [6, 6.07) is 3.01. The zero-order valence-corrected chi connectivity index (χ0v) is 10.8. The number of carboxylic acid groups (broad SMARTS) is 1. The molecule has 19 heavy (non-hydrogen) atoms. The van der Waals surface area contributed by atoms with Crippen LogP contribution in [-0.4, -0.2) is 24.4 Å². The van der Waals surface area contributed by atoms with Gasteiger partial charge in [-0.15, -0.1) is 0 Å². The van der Waals surface area contributed by atoms with Gasteiger partial charge in [0.15, 0.2) is 11.5 Å². The zero-order chi connectivity index (χ0) is 14.2. The Hall–Kier alpha value is -1.82. The molecule has 1 atom stereocenters. The summed E-state index contributed by atoms with van der Waals surface area (Å²) in [5.74, 6) is -1.32. The Balaban J connectivity index is 2.59.